The Hall–Kier alpha value is -0.830. The third kappa shape index (κ3) is 1.48. The molecule has 0 aromatic carbocycles. The van der Waals surface area contributed by atoms with Crippen molar-refractivity contribution in [3.05, 3.63) is 17.5 Å². The molecular weight excluding hydrogens is 162 g/mol. The average molecular weight is 179 g/mol. The van der Waals surface area contributed by atoms with Crippen molar-refractivity contribution in [3.63, 3.8) is 0 Å². The SMILES string of the molecule is CNC1(Cc2cnn(C)c2C)CC1. The fraction of sp³-hybridized carbons (Fsp3) is 0.700. The van der Waals surface area contributed by atoms with Crippen molar-refractivity contribution < 1.29 is 0 Å². The highest BCUT2D eigenvalue weighted by Gasteiger charge is 2.41. The van der Waals surface area contributed by atoms with Gasteiger partial charge in [-0.1, -0.05) is 0 Å². The lowest BCUT2D eigenvalue weighted by molar-refractivity contribution is 0.547. The zero-order valence-corrected chi connectivity index (χ0v) is 8.59. The van der Waals surface area contributed by atoms with E-state index in [0.717, 1.165) is 6.42 Å². The molecule has 1 aromatic heterocycles. The van der Waals surface area contributed by atoms with Crippen molar-refractivity contribution in [2.75, 3.05) is 7.05 Å². The number of likely N-dealkylation sites (N-methyl/N-ethyl adjacent to an activating group) is 1. The van der Waals surface area contributed by atoms with Crippen molar-refractivity contribution in [1.82, 2.24) is 15.1 Å². The van der Waals surface area contributed by atoms with Crippen LogP contribution in [0.5, 0.6) is 0 Å². The molecule has 0 radical (unpaired) electrons. The van der Waals surface area contributed by atoms with Crippen LogP contribution in [0.25, 0.3) is 0 Å². The second-order valence-electron chi connectivity index (χ2n) is 4.09. The average Bonchev–Trinajstić information content (AvgIpc) is 2.85. The van der Waals surface area contributed by atoms with Gasteiger partial charge in [0.05, 0.1) is 6.20 Å². The molecule has 0 saturated heterocycles. The smallest absolute Gasteiger partial charge is 0.0525 e. The second-order valence-corrected chi connectivity index (χ2v) is 4.09. The molecule has 1 heterocycles. The summed E-state index contributed by atoms with van der Waals surface area (Å²) >= 11 is 0. The molecule has 1 aromatic rings. The molecule has 1 aliphatic carbocycles. The maximum absolute atomic E-state index is 4.25. The summed E-state index contributed by atoms with van der Waals surface area (Å²) in [5.74, 6) is 0. The minimum absolute atomic E-state index is 0.397. The van der Waals surface area contributed by atoms with Crippen LogP contribution in [0.3, 0.4) is 0 Å². The van der Waals surface area contributed by atoms with Crippen LogP contribution in [0.15, 0.2) is 6.20 Å². The van der Waals surface area contributed by atoms with Gasteiger partial charge in [-0.25, -0.2) is 0 Å². The van der Waals surface area contributed by atoms with Gasteiger partial charge in [0.15, 0.2) is 0 Å². The van der Waals surface area contributed by atoms with Crippen LogP contribution < -0.4 is 5.32 Å². The Morgan fingerprint density at radius 2 is 2.31 bits per heavy atom. The number of nitrogens with one attached hydrogen (secondary N) is 1. The molecule has 1 fully saturated rings. The molecule has 0 amide bonds. The summed E-state index contributed by atoms with van der Waals surface area (Å²) in [5.41, 5.74) is 3.07. The maximum Gasteiger partial charge on any atom is 0.0525 e. The van der Waals surface area contributed by atoms with E-state index in [1.54, 1.807) is 0 Å². The van der Waals surface area contributed by atoms with Gasteiger partial charge in [-0.3, -0.25) is 4.68 Å². The van der Waals surface area contributed by atoms with Gasteiger partial charge in [0.2, 0.25) is 0 Å². The summed E-state index contributed by atoms with van der Waals surface area (Å²) in [6.07, 6.45) is 5.73. The van der Waals surface area contributed by atoms with Gasteiger partial charge in [-0.15, -0.1) is 0 Å². The summed E-state index contributed by atoms with van der Waals surface area (Å²) < 4.78 is 1.95. The Labute approximate surface area is 79.1 Å². The van der Waals surface area contributed by atoms with Gasteiger partial charge in [-0.05, 0) is 38.8 Å². The van der Waals surface area contributed by atoms with Crippen LogP contribution in [0.2, 0.25) is 0 Å². The molecule has 3 nitrogen and oxygen atoms in total. The van der Waals surface area contributed by atoms with E-state index >= 15 is 0 Å². The van der Waals surface area contributed by atoms with Crippen LogP contribution >= 0.6 is 0 Å². The Morgan fingerprint density at radius 3 is 2.69 bits per heavy atom. The van der Waals surface area contributed by atoms with Gasteiger partial charge < -0.3 is 5.32 Å². The third-order valence-electron chi connectivity index (χ3n) is 3.25. The van der Waals surface area contributed by atoms with Crippen LogP contribution in [0, 0.1) is 6.92 Å². The highest BCUT2D eigenvalue weighted by molar-refractivity contribution is 5.22. The molecular formula is C10H17N3. The third-order valence-corrected chi connectivity index (χ3v) is 3.25. The van der Waals surface area contributed by atoms with E-state index in [2.05, 4.69) is 24.4 Å². The van der Waals surface area contributed by atoms with Crippen molar-refractivity contribution in [2.24, 2.45) is 7.05 Å². The van der Waals surface area contributed by atoms with Crippen molar-refractivity contribution >= 4 is 0 Å². The fourth-order valence-electron chi connectivity index (χ4n) is 1.75. The standard InChI is InChI=1S/C10H17N3/c1-8-9(7-12-13(8)3)6-10(11-2)4-5-10/h7,11H,4-6H2,1-3H3. The minimum Gasteiger partial charge on any atom is -0.314 e. The van der Waals surface area contributed by atoms with E-state index in [1.807, 2.05) is 17.9 Å². The van der Waals surface area contributed by atoms with Crippen LogP contribution in [0.1, 0.15) is 24.1 Å². The maximum atomic E-state index is 4.25. The number of rotatable bonds is 3. The van der Waals surface area contributed by atoms with Crippen molar-refractivity contribution in [3.8, 4) is 0 Å². The van der Waals surface area contributed by atoms with Crippen molar-refractivity contribution in [2.45, 2.75) is 31.7 Å². The van der Waals surface area contributed by atoms with Crippen LogP contribution in [-0.4, -0.2) is 22.4 Å². The summed E-state index contributed by atoms with van der Waals surface area (Å²) in [7, 11) is 4.05. The zero-order chi connectivity index (χ0) is 9.47. The summed E-state index contributed by atoms with van der Waals surface area (Å²) in [6.45, 7) is 2.13. The molecule has 1 saturated carbocycles. The molecule has 0 bridgehead atoms. The van der Waals surface area contributed by atoms with E-state index in [-0.39, 0.29) is 0 Å². The van der Waals surface area contributed by atoms with Gasteiger partial charge in [0.25, 0.3) is 0 Å². The van der Waals surface area contributed by atoms with Crippen LogP contribution in [0.4, 0.5) is 0 Å². The Kier molecular flexibility index (Phi) is 1.91. The Morgan fingerprint density at radius 1 is 1.62 bits per heavy atom. The van der Waals surface area contributed by atoms with E-state index in [4.69, 9.17) is 0 Å². The summed E-state index contributed by atoms with van der Waals surface area (Å²) in [5, 5.41) is 7.65. The number of nitrogens with zero attached hydrogens (tertiary/aromatic N) is 2. The van der Waals surface area contributed by atoms with Crippen LogP contribution in [-0.2, 0) is 13.5 Å². The molecule has 3 heteroatoms. The fourth-order valence-corrected chi connectivity index (χ4v) is 1.75. The molecule has 0 atom stereocenters. The molecule has 1 N–H and O–H groups in total. The van der Waals surface area contributed by atoms with E-state index in [9.17, 15) is 0 Å². The number of hydrogen-bond donors (Lipinski definition) is 1. The molecule has 0 spiro atoms. The summed E-state index contributed by atoms with van der Waals surface area (Å²) in [6, 6.07) is 0. The first-order valence-corrected chi connectivity index (χ1v) is 4.83. The molecule has 13 heavy (non-hydrogen) atoms. The highest BCUT2D eigenvalue weighted by Crippen LogP contribution is 2.38. The topological polar surface area (TPSA) is 29.9 Å². The lowest BCUT2D eigenvalue weighted by atomic mass is 10.1. The molecule has 72 valence electrons. The number of hydrogen-bond acceptors (Lipinski definition) is 2. The molecule has 0 unspecified atom stereocenters. The van der Waals surface area contributed by atoms with Gasteiger partial charge in [0.1, 0.15) is 0 Å². The predicted molar refractivity (Wildman–Crippen MR) is 52.7 cm³/mol. The predicted octanol–water partition coefficient (Wildman–Crippen LogP) is 1.02. The molecule has 1 aliphatic rings. The van der Waals surface area contributed by atoms with Crippen molar-refractivity contribution in [1.29, 1.82) is 0 Å². The highest BCUT2D eigenvalue weighted by atomic mass is 15.3. The first kappa shape index (κ1) is 8.75. The number of aryl methyl sites for hydroxylation is 1. The Balaban J connectivity index is 2.14. The molecule has 2 rings (SSSR count). The van der Waals surface area contributed by atoms with E-state index < -0.39 is 0 Å². The normalized spacial score (nSPS) is 19.0. The lowest BCUT2D eigenvalue weighted by Gasteiger charge is -2.12. The van der Waals surface area contributed by atoms with Gasteiger partial charge in [0, 0.05) is 18.3 Å². The van der Waals surface area contributed by atoms with Gasteiger partial charge in [-0.2, -0.15) is 5.10 Å². The zero-order valence-electron chi connectivity index (χ0n) is 8.59. The summed E-state index contributed by atoms with van der Waals surface area (Å²) in [4.78, 5) is 0. The Bertz CT molecular complexity index is 310. The van der Waals surface area contributed by atoms with E-state index in [0.29, 0.717) is 5.54 Å². The van der Waals surface area contributed by atoms with E-state index in [1.165, 1.54) is 24.1 Å². The minimum atomic E-state index is 0.397. The number of aromatic nitrogens is 2. The largest absolute Gasteiger partial charge is 0.314 e. The molecule has 0 aliphatic heterocycles. The first-order valence-electron chi connectivity index (χ1n) is 4.83. The second kappa shape index (κ2) is 2.84. The lowest BCUT2D eigenvalue weighted by Crippen LogP contribution is -2.29. The first-order chi connectivity index (χ1) is 6.17. The quantitative estimate of drug-likeness (QED) is 0.751. The monoisotopic (exact) mass is 179 g/mol. The van der Waals surface area contributed by atoms with Gasteiger partial charge >= 0.3 is 0 Å².